The van der Waals surface area contributed by atoms with Crippen molar-refractivity contribution >= 4 is 21.8 Å². The zero-order valence-electron chi connectivity index (χ0n) is 22.1. The topological polar surface area (TPSA) is 86.8 Å². The van der Waals surface area contributed by atoms with Crippen LogP contribution in [0.2, 0.25) is 0 Å². The van der Waals surface area contributed by atoms with E-state index in [0.717, 1.165) is 57.8 Å². The average molecular weight is 510 g/mol. The standard InChI is InChI=1S/C27H47N3O4S/c1-19(2)24-12-11-20(3)13-27(32)30-16-22-14-23(25(30)9-6-10-26(31)28-24)17-29(15-22)35(33,34)18-21-7-4-5-8-21/h19-25H,4-18H2,1-3H3,(H,28,31)/t20-,22+,23+,24+,25+/m1/s1. The van der Waals surface area contributed by atoms with Crippen LogP contribution < -0.4 is 5.32 Å². The molecule has 7 nitrogen and oxygen atoms in total. The molecule has 4 rings (SSSR count). The van der Waals surface area contributed by atoms with Crippen LogP contribution in [0.4, 0.5) is 0 Å². The minimum absolute atomic E-state index is 0.0323. The second-order valence-electron chi connectivity index (χ2n) is 12.4. The molecule has 4 fully saturated rings. The summed E-state index contributed by atoms with van der Waals surface area (Å²) in [5, 5.41) is 3.24. The van der Waals surface area contributed by atoms with Crippen molar-refractivity contribution in [1.29, 1.82) is 0 Å². The third-order valence-corrected chi connectivity index (χ3v) is 11.1. The van der Waals surface area contributed by atoms with Gasteiger partial charge in [0, 0.05) is 44.6 Å². The van der Waals surface area contributed by atoms with Crippen LogP contribution in [-0.4, -0.2) is 66.9 Å². The van der Waals surface area contributed by atoms with Crippen molar-refractivity contribution in [1.82, 2.24) is 14.5 Å². The number of nitrogens with zero attached hydrogens (tertiary/aromatic N) is 2. The molecule has 2 amide bonds. The van der Waals surface area contributed by atoms with Crippen molar-refractivity contribution in [2.45, 2.75) is 103 Å². The molecule has 3 aliphatic heterocycles. The molecular weight excluding hydrogens is 462 g/mol. The Bertz CT molecular complexity index is 854. The van der Waals surface area contributed by atoms with Crippen LogP contribution in [0.1, 0.15) is 91.4 Å². The highest BCUT2D eigenvalue weighted by Gasteiger charge is 2.45. The molecule has 1 aliphatic carbocycles. The summed E-state index contributed by atoms with van der Waals surface area (Å²) >= 11 is 0. The van der Waals surface area contributed by atoms with Crippen LogP contribution in [0.5, 0.6) is 0 Å². The average Bonchev–Trinajstić information content (AvgIpc) is 3.29. The molecule has 1 N–H and O–H groups in total. The van der Waals surface area contributed by atoms with Gasteiger partial charge in [-0.3, -0.25) is 9.59 Å². The monoisotopic (exact) mass is 509 g/mol. The van der Waals surface area contributed by atoms with Crippen molar-refractivity contribution in [3.63, 3.8) is 0 Å². The largest absolute Gasteiger partial charge is 0.353 e. The normalized spacial score (nSPS) is 34.6. The molecule has 5 atom stereocenters. The molecule has 0 unspecified atom stereocenters. The van der Waals surface area contributed by atoms with E-state index in [1.807, 2.05) is 0 Å². The van der Waals surface area contributed by atoms with E-state index in [9.17, 15) is 18.0 Å². The van der Waals surface area contributed by atoms with E-state index in [0.29, 0.717) is 44.3 Å². The van der Waals surface area contributed by atoms with Gasteiger partial charge < -0.3 is 10.2 Å². The predicted octanol–water partition coefficient (Wildman–Crippen LogP) is 3.79. The van der Waals surface area contributed by atoms with Crippen LogP contribution in [0.25, 0.3) is 0 Å². The fraction of sp³-hybridized carbons (Fsp3) is 0.926. The van der Waals surface area contributed by atoms with E-state index in [2.05, 4.69) is 31.0 Å². The first-order valence-corrected chi connectivity index (χ1v) is 15.8. The molecule has 0 aromatic rings. The molecule has 8 heteroatoms. The number of carbonyl (C=O) groups excluding carboxylic acids is 2. The minimum Gasteiger partial charge on any atom is -0.353 e. The van der Waals surface area contributed by atoms with E-state index in [-0.39, 0.29) is 47.4 Å². The van der Waals surface area contributed by atoms with Crippen LogP contribution >= 0.6 is 0 Å². The molecular formula is C27H47N3O4S. The summed E-state index contributed by atoms with van der Waals surface area (Å²) in [5.74, 6) is 1.94. The van der Waals surface area contributed by atoms with Crippen LogP contribution in [0, 0.1) is 29.6 Å². The Morgan fingerprint density at radius 1 is 0.971 bits per heavy atom. The fourth-order valence-electron chi connectivity index (χ4n) is 7.07. The third kappa shape index (κ3) is 6.79. The van der Waals surface area contributed by atoms with E-state index in [1.165, 1.54) is 0 Å². The van der Waals surface area contributed by atoms with E-state index >= 15 is 0 Å². The Kier molecular flexibility index (Phi) is 8.83. The summed E-state index contributed by atoms with van der Waals surface area (Å²) in [6.45, 7) is 8.17. The summed E-state index contributed by atoms with van der Waals surface area (Å²) in [7, 11) is -3.27. The Hall–Kier alpha value is -1.15. The molecule has 0 spiro atoms. The molecule has 0 aromatic carbocycles. The molecule has 35 heavy (non-hydrogen) atoms. The van der Waals surface area contributed by atoms with E-state index in [4.69, 9.17) is 0 Å². The van der Waals surface area contributed by atoms with Gasteiger partial charge in [0.1, 0.15) is 0 Å². The van der Waals surface area contributed by atoms with Gasteiger partial charge >= 0.3 is 0 Å². The van der Waals surface area contributed by atoms with Crippen LogP contribution in [-0.2, 0) is 19.6 Å². The maximum atomic E-state index is 13.5. The summed E-state index contributed by atoms with van der Waals surface area (Å²) < 4.78 is 28.4. The highest BCUT2D eigenvalue weighted by molar-refractivity contribution is 7.89. The van der Waals surface area contributed by atoms with Crippen LogP contribution in [0.15, 0.2) is 0 Å². The van der Waals surface area contributed by atoms with E-state index < -0.39 is 10.0 Å². The number of carbonyl (C=O) groups is 2. The maximum absolute atomic E-state index is 13.5. The Morgan fingerprint density at radius 3 is 2.43 bits per heavy atom. The lowest BCUT2D eigenvalue weighted by molar-refractivity contribution is -0.141. The van der Waals surface area contributed by atoms with Crippen molar-refractivity contribution in [3.8, 4) is 0 Å². The van der Waals surface area contributed by atoms with Gasteiger partial charge in [-0.15, -0.1) is 0 Å². The van der Waals surface area contributed by atoms with Gasteiger partial charge in [0.05, 0.1) is 5.75 Å². The van der Waals surface area contributed by atoms with Gasteiger partial charge in [0.2, 0.25) is 21.8 Å². The number of hydrogen-bond donors (Lipinski definition) is 1. The summed E-state index contributed by atoms with van der Waals surface area (Å²) in [4.78, 5) is 28.3. The summed E-state index contributed by atoms with van der Waals surface area (Å²) in [6, 6.07) is 0.186. The molecule has 3 saturated heterocycles. The Morgan fingerprint density at radius 2 is 1.71 bits per heavy atom. The molecule has 2 bridgehead atoms. The number of hydrogen-bond acceptors (Lipinski definition) is 4. The minimum atomic E-state index is -3.27. The lowest BCUT2D eigenvalue weighted by atomic mass is 9.78. The molecule has 3 heterocycles. The fourth-order valence-corrected chi connectivity index (χ4v) is 9.07. The van der Waals surface area contributed by atoms with Crippen LogP contribution in [0.3, 0.4) is 0 Å². The van der Waals surface area contributed by atoms with Crippen molar-refractivity contribution in [2.75, 3.05) is 25.4 Å². The summed E-state index contributed by atoms with van der Waals surface area (Å²) in [5.41, 5.74) is 0. The zero-order valence-corrected chi connectivity index (χ0v) is 22.9. The molecule has 4 aliphatic rings. The van der Waals surface area contributed by atoms with Gasteiger partial charge in [0.15, 0.2) is 0 Å². The third-order valence-electron chi connectivity index (χ3n) is 9.12. The zero-order chi connectivity index (χ0) is 25.2. The highest BCUT2D eigenvalue weighted by Crippen LogP contribution is 2.38. The van der Waals surface area contributed by atoms with Gasteiger partial charge in [-0.25, -0.2) is 12.7 Å². The SMILES string of the molecule is CC(C)[C@@H]1CC[C@@H](C)CC(=O)N2C[C@H]3C[C@@H](CN(S(=O)(=O)CC4CCCC4)C3)[C@@H]2CCCC(=O)N1. The van der Waals surface area contributed by atoms with Gasteiger partial charge in [-0.1, -0.05) is 33.6 Å². The molecule has 0 aromatic heterocycles. The van der Waals surface area contributed by atoms with Gasteiger partial charge in [-0.2, -0.15) is 0 Å². The van der Waals surface area contributed by atoms with Crippen molar-refractivity contribution in [3.05, 3.63) is 0 Å². The summed E-state index contributed by atoms with van der Waals surface area (Å²) in [6.07, 6.45) is 9.68. The Labute approximate surface area is 212 Å². The quantitative estimate of drug-likeness (QED) is 0.625. The number of fused-ring (bicyclic) bond motifs is 4. The number of rotatable bonds is 4. The number of nitrogens with one attached hydrogen (secondary N) is 1. The second-order valence-corrected chi connectivity index (χ2v) is 14.4. The first-order chi connectivity index (χ1) is 16.6. The number of sulfonamides is 1. The molecule has 200 valence electrons. The van der Waals surface area contributed by atoms with Crippen molar-refractivity contribution in [2.24, 2.45) is 29.6 Å². The number of piperidine rings is 2. The van der Waals surface area contributed by atoms with Crippen molar-refractivity contribution < 1.29 is 18.0 Å². The first kappa shape index (κ1) is 26.9. The Balaban J connectivity index is 1.48. The first-order valence-electron chi connectivity index (χ1n) is 14.2. The lowest BCUT2D eigenvalue weighted by Gasteiger charge is -2.50. The second kappa shape index (κ2) is 11.5. The number of amides is 2. The smallest absolute Gasteiger partial charge is 0.223 e. The van der Waals surface area contributed by atoms with Gasteiger partial charge in [-0.05, 0) is 74.5 Å². The lowest BCUT2D eigenvalue weighted by Crippen LogP contribution is -2.60. The molecule has 0 radical (unpaired) electrons. The predicted molar refractivity (Wildman–Crippen MR) is 138 cm³/mol. The molecule has 1 saturated carbocycles. The van der Waals surface area contributed by atoms with E-state index in [1.54, 1.807) is 4.31 Å². The maximum Gasteiger partial charge on any atom is 0.223 e. The van der Waals surface area contributed by atoms with Gasteiger partial charge in [0.25, 0.3) is 0 Å². The highest BCUT2D eigenvalue weighted by atomic mass is 32.2.